The molecule has 1 aromatic carbocycles. The summed E-state index contributed by atoms with van der Waals surface area (Å²) in [5.74, 6) is -0.305. The lowest BCUT2D eigenvalue weighted by Crippen LogP contribution is -1.91. The molecule has 0 saturated carbocycles. The van der Waals surface area contributed by atoms with E-state index in [1.54, 1.807) is 12.4 Å². The predicted molar refractivity (Wildman–Crippen MR) is 40.5 cm³/mol. The van der Waals surface area contributed by atoms with Crippen molar-refractivity contribution in [3.63, 3.8) is 0 Å². The van der Waals surface area contributed by atoms with Gasteiger partial charge in [-0.3, -0.25) is 4.79 Å². The van der Waals surface area contributed by atoms with Crippen molar-refractivity contribution in [2.75, 3.05) is 0 Å². The first-order valence-electron chi connectivity index (χ1n) is 3.34. The molecular formula is C9H8FO. The second kappa shape index (κ2) is 3.28. The average molecular weight is 151 g/mol. The van der Waals surface area contributed by atoms with Gasteiger partial charge in [0.2, 0.25) is 6.29 Å². The van der Waals surface area contributed by atoms with Gasteiger partial charge in [-0.2, -0.15) is 0 Å². The molecule has 11 heavy (non-hydrogen) atoms. The van der Waals surface area contributed by atoms with Crippen molar-refractivity contribution in [1.29, 1.82) is 0 Å². The van der Waals surface area contributed by atoms with Crippen LogP contribution in [0.4, 0.5) is 4.39 Å². The molecule has 57 valence electrons. The first-order chi connectivity index (χ1) is 5.24. The number of aryl methyl sites for hydroxylation is 1. The third-order valence-electron chi connectivity index (χ3n) is 1.57. The fourth-order valence-electron chi connectivity index (χ4n) is 0.908. The van der Waals surface area contributed by atoms with Crippen LogP contribution in [0.3, 0.4) is 0 Å². The fraction of sp³-hybridized carbons (Fsp3) is 0.222. The number of rotatable bonds is 2. The Kier molecular flexibility index (Phi) is 2.36. The molecule has 0 bridgehead atoms. The van der Waals surface area contributed by atoms with Gasteiger partial charge >= 0.3 is 0 Å². The smallest absolute Gasteiger partial charge is 0.203 e. The van der Waals surface area contributed by atoms with Gasteiger partial charge in [-0.25, -0.2) is 4.39 Å². The van der Waals surface area contributed by atoms with Crippen LogP contribution in [0.1, 0.15) is 11.1 Å². The SMILES string of the molecule is Cc1ccc(F)cc1C[C]=O. The molecule has 0 aliphatic carbocycles. The molecular weight excluding hydrogens is 143 g/mol. The number of carbonyl (C=O) groups excluding carboxylic acids is 1. The maximum absolute atomic E-state index is 12.5. The standard InChI is InChI=1S/C9H8FO/c1-7-2-3-9(10)6-8(7)4-5-11/h2-3,6H,4H2,1H3. The van der Waals surface area contributed by atoms with E-state index in [1.807, 2.05) is 6.92 Å². The van der Waals surface area contributed by atoms with Crippen LogP contribution in [0.2, 0.25) is 0 Å². The molecule has 0 atom stereocenters. The van der Waals surface area contributed by atoms with Crippen LogP contribution in [0, 0.1) is 12.7 Å². The van der Waals surface area contributed by atoms with Crippen LogP contribution in [-0.2, 0) is 11.2 Å². The largest absolute Gasteiger partial charge is 0.291 e. The Morgan fingerprint density at radius 2 is 2.27 bits per heavy atom. The van der Waals surface area contributed by atoms with Gasteiger partial charge in [-0.15, -0.1) is 0 Å². The molecule has 1 aromatic rings. The topological polar surface area (TPSA) is 17.1 Å². The van der Waals surface area contributed by atoms with Crippen molar-refractivity contribution < 1.29 is 9.18 Å². The Balaban J connectivity index is 3.01. The quantitative estimate of drug-likeness (QED) is 0.629. The molecule has 0 unspecified atom stereocenters. The lowest BCUT2D eigenvalue weighted by molar-refractivity contribution is 0.554. The Labute approximate surface area is 64.9 Å². The first-order valence-corrected chi connectivity index (χ1v) is 3.34. The van der Waals surface area contributed by atoms with E-state index in [0.29, 0.717) is 5.56 Å². The van der Waals surface area contributed by atoms with Crippen LogP contribution in [0.15, 0.2) is 18.2 Å². The van der Waals surface area contributed by atoms with E-state index in [4.69, 9.17) is 0 Å². The molecule has 0 fully saturated rings. The van der Waals surface area contributed by atoms with Crippen LogP contribution >= 0.6 is 0 Å². The Morgan fingerprint density at radius 3 is 2.91 bits per heavy atom. The number of halogens is 1. The third-order valence-corrected chi connectivity index (χ3v) is 1.57. The zero-order valence-corrected chi connectivity index (χ0v) is 6.23. The van der Waals surface area contributed by atoms with E-state index in [0.717, 1.165) is 5.56 Å². The van der Waals surface area contributed by atoms with Crippen molar-refractivity contribution in [3.8, 4) is 0 Å². The highest BCUT2D eigenvalue weighted by Gasteiger charge is 1.98. The molecule has 1 rings (SSSR count). The molecule has 2 heteroatoms. The molecule has 0 spiro atoms. The van der Waals surface area contributed by atoms with Gasteiger partial charge in [0.05, 0.1) is 0 Å². The zero-order chi connectivity index (χ0) is 8.27. The van der Waals surface area contributed by atoms with Crippen LogP contribution < -0.4 is 0 Å². The van der Waals surface area contributed by atoms with Gasteiger partial charge in [0, 0.05) is 6.42 Å². The van der Waals surface area contributed by atoms with Crippen molar-refractivity contribution in [2.24, 2.45) is 0 Å². The van der Waals surface area contributed by atoms with E-state index in [2.05, 4.69) is 0 Å². The van der Waals surface area contributed by atoms with E-state index >= 15 is 0 Å². The molecule has 0 aliphatic rings. The first kappa shape index (κ1) is 7.92. The molecule has 0 aliphatic heterocycles. The van der Waals surface area contributed by atoms with Gasteiger partial charge in [0.25, 0.3) is 0 Å². The van der Waals surface area contributed by atoms with Crippen LogP contribution in [-0.4, -0.2) is 6.29 Å². The van der Waals surface area contributed by atoms with E-state index in [1.165, 1.54) is 12.1 Å². The van der Waals surface area contributed by atoms with Gasteiger partial charge in [0.1, 0.15) is 5.82 Å². The lowest BCUT2D eigenvalue weighted by Gasteiger charge is -1.99. The molecule has 0 aromatic heterocycles. The predicted octanol–water partition coefficient (Wildman–Crippen LogP) is 1.79. The summed E-state index contributed by atoms with van der Waals surface area (Å²) < 4.78 is 12.5. The zero-order valence-electron chi connectivity index (χ0n) is 6.23. The summed E-state index contributed by atoms with van der Waals surface area (Å²) in [6.07, 6.45) is 1.91. The van der Waals surface area contributed by atoms with Crippen molar-refractivity contribution in [2.45, 2.75) is 13.3 Å². The molecule has 0 heterocycles. The molecule has 0 saturated heterocycles. The summed E-state index contributed by atoms with van der Waals surface area (Å²) >= 11 is 0. The van der Waals surface area contributed by atoms with E-state index in [-0.39, 0.29) is 12.2 Å². The summed E-state index contributed by atoms with van der Waals surface area (Å²) in [6, 6.07) is 4.39. The highest BCUT2D eigenvalue weighted by atomic mass is 19.1. The second-order valence-electron chi connectivity index (χ2n) is 2.39. The molecule has 0 amide bonds. The minimum Gasteiger partial charge on any atom is -0.291 e. The minimum atomic E-state index is -0.305. The normalized spacial score (nSPS) is 9.64. The summed E-state index contributed by atoms with van der Waals surface area (Å²) in [7, 11) is 0. The monoisotopic (exact) mass is 151 g/mol. The highest BCUT2D eigenvalue weighted by Crippen LogP contribution is 2.09. The number of hydrogen-bond donors (Lipinski definition) is 0. The van der Waals surface area contributed by atoms with Crippen molar-refractivity contribution in [1.82, 2.24) is 0 Å². The minimum absolute atomic E-state index is 0.170. The average Bonchev–Trinajstić information content (AvgIpc) is 1.98. The van der Waals surface area contributed by atoms with Gasteiger partial charge in [-0.05, 0) is 30.2 Å². The molecule has 0 N–H and O–H groups in total. The lowest BCUT2D eigenvalue weighted by atomic mass is 10.1. The van der Waals surface area contributed by atoms with Crippen LogP contribution in [0.5, 0.6) is 0 Å². The Morgan fingerprint density at radius 1 is 1.55 bits per heavy atom. The maximum atomic E-state index is 12.5. The molecule has 1 nitrogen and oxygen atoms in total. The number of hydrogen-bond acceptors (Lipinski definition) is 1. The van der Waals surface area contributed by atoms with E-state index < -0.39 is 0 Å². The van der Waals surface area contributed by atoms with Crippen molar-refractivity contribution in [3.05, 3.63) is 35.1 Å². The fourth-order valence-corrected chi connectivity index (χ4v) is 0.908. The maximum Gasteiger partial charge on any atom is 0.203 e. The third kappa shape index (κ3) is 1.87. The second-order valence-corrected chi connectivity index (χ2v) is 2.39. The summed E-state index contributed by atoms with van der Waals surface area (Å²) in [5, 5.41) is 0. The van der Waals surface area contributed by atoms with Gasteiger partial charge in [0.15, 0.2) is 0 Å². The summed E-state index contributed by atoms with van der Waals surface area (Å²) in [6.45, 7) is 1.84. The highest BCUT2D eigenvalue weighted by molar-refractivity contribution is 5.56. The summed E-state index contributed by atoms with van der Waals surface area (Å²) in [4.78, 5) is 9.99. The van der Waals surface area contributed by atoms with Crippen molar-refractivity contribution >= 4 is 6.29 Å². The van der Waals surface area contributed by atoms with Gasteiger partial charge < -0.3 is 0 Å². The Hall–Kier alpha value is -1.18. The van der Waals surface area contributed by atoms with Crippen LogP contribution in [0.25, 0.3) is 0 Å². The van der Waals surface area contributed by atoms with E-state index in [9.17, 15) is 9.18 Å². The Bertz CT molecular complexity index is 268. The molecule has 1 radical (unpaired) electrons. The number of benzene rings is 1. The summed E-state index contributed by atoms with van der Waals surface area (Å²) in [5.41, 5.74) is 1.63. The van der Waals surface area contributed by atoms with Gasteiger partial charge in [-0.1, -0.05) is 6.07 Å².